The summed E-state index contributed by atoms with van der Waals surface area (Å²) < 4.78 is 33.4. The van der Waals surface area contributed by atoms with Gasteiger partial charge in [-0.05, 0) is 12.1 Å². The maximum atomic E-state index is 10.2. The first-order chi connectivity index (χ1) is 5.58. The number of hydrogen-bond donors (Lipinski definition) is 1. The zero-order valence-corrected chi connectivity index (χ0v) is 6.86. The highest BCUT2D eigenvalue weighted by Crippen LogP contribution is 2.06. The van der Waals surface area contributed by atoms with Gasteiger partial charge in [0.1, 0.15) is 5.75 Å². The molecule has 0 aliphatic carbocycles. The van der Waals surface area contributed by atoms with Gasteiger partial charge in [-0.25, -0.2) is 0 Å². The van der Waals surface area contributed by atoms with E-state index in [0.717, 1.165) is 0 Å². The molecule has 0 fully saturated rings. The van der Waals surface area contributed by atoms with E-state index >= 15 is 0 Å². The van der Waals surface area contributed by atoms with E-state index in [0.29, 0.717) is 5.75 Å². The molecular weight excluding hydrogens is 182 g/mol. The molecule has 1 aromatic heterocycles. The van der Waals surface area contributed by atoms with Crippen molar-refractivity contribution in [3.05, 3.63) is 24.5 Å². The molecule has 0 radical (unpaired) electrons. The Balaban J connectivity index is 2.56. The van der Waals surface area contributed by atoms with Crippen LogP contribution in [-0.4, -0.2) is 23.9 Å². The fourth-order valence-corrected chi connectivity index (χ4v) is 0.862. The zero-order valence-electron chi connectivity index (χ0n) is 6.04. The average Bonchev–Trinajstić information content (AvgIpc) is 2.02. The first kappa shape index (κ1) is 8.95. The van der Waals surface area contributed by atoms with Crippen LogP contribution in [0.15, 0.2) is 24.5 Å². The predicted octanol–water partition coefficient (Wildman–Crippen LogP) is 0.306. The van der Waals surface area contributed by atoms with Gasteiger partial charge in [0.2, 0.25) is 5.94 Å². The molecular formula is C6H7NO4S. The third-order valence-electron chi connectivity index (χ3n) is 1.02. The SMILES string of the molecule is O=S(=O)(O)COc1ccncc1. The molecule has 12 heavy (non-hydrogen) atoms. The molecule has 0 unspecified atom stereocenters. The lowest BCUT2D eigenvalue weighted by Crippen LogP contribution is -2.10. The summed E-state index contributed by atoms with van der Waals surface area (Å²) in [5.74, 6) is -0.389. The molecule has 0 saturated carbocycles. The number of hydrogen-bond acceptors (Lipinski definition) is 4. The van der Waals surface area contributed by atoms with E-state index < -0.39 is 16.1 Å². The molecule has 0 aromatic carbocycles. The van der Waals surface area contributed by atoms with Gasteiger partial charge in [-0.1, -0.05) is 0 Å². The average molecular weight is 189 g/mol. The van der Waals surface area contributed by atoms with Crippen LogP contribution < -0.4 is 4.74 Å². The minimum Gasteiger partial charge on any atom is -0.475 e. The standard InChI is InChI=1S/C6H7NO4S/c8-12(9,10)5-11-6-1-3-7-4-2-6/h1-4H,5H2,(H,8,9,10). The van der Waals surface area contributed by atoms with Crippen LogP contribution >= 0.6 is 0 Å². The van der Waals surface area contributed by atoms with E-state index in [1.54, 1.807) is 0 Å². The van der Waals surface area contributed by atoms with Gasteiger partial charge in [-0.2, -0.15) is 8.42 Å². The number of nitrogens with zero attached hydrogens (tertiary/aromatic N) is 1. The highest BCUT2D eigenvalue weighted by atomic mass is 32.2. The molecule has 5 nitrogen and oxygen atoms in total. The Labute approximate surface area is 69.8 Å². The fourth-order valence-electron chi connectivity index (χ4n) is 0.577. The van der Waals surface area contributed by atoms with Crippen molar-refractivity contribution in [1.29, 1.82) is 0 Å². The van der Waals surface area contributed by atoms with Crippen molar-refractivity contribution >= 4 is 10.1 Å². The summed E-state index contributed by atoms with van der Waals surface area (Å²) in [6, 6.07) is 2.98. The zero-order chi connectivity index (χ0) is 9.03. The van der Waals surface area contributed by atoms with Crippen molar-refractivity contribution < 1.29 is 17.7 Å². The lowest BCUT2D eigenvalue weighted by atomic mass is 10.5. The summed E-state index contributed by atoms with van der Waals surface area (Å²) in [6.45, 7) is 0. The predicted molar refractivity (Wildman–Crippen MR) is 41.3 cm³/mol. The van der Waals surface area contributed by atoms with Crippen LogP contribution in [0.4, 0.5) is 0 Å². The maximum Gasteiger partial charge on any atom is 0.300 e. The van der Waals surface area contributed by atoms with Crippen molar-refractivity contribution in [1.82, 2.24) is 4.98 Å². The molecule has 1 rings (SSSR count). The first-order valence-electron chi connectivity index (χ1n) is 3.06. The van der Waals surface area contributed by atoms with Gasteiger partial charge in [0.25, 0.3) is 0 Å². The summed E-state index contributed by atoms with van der Waals surface area (Å²) in [6.07, 6.45) is 2.92. The molecule has 66 valence electrons. The van der Waals surface area contributed by atoms with E-state index in [1.165, 1.54) is 24.5 Å². The lowest BCUT2D eigenvalue weighted by Gasteiger charge is -2.01. The smallest absolute Gasteiger partial charge is 0.300 e. The van der Waals surface area contributed by atoms with Gasteiger partial charge in [0.05, 0.1) is 0 Å². The third kappa shape index (κ3) is 3.31. The van der Waals surface area contributed by atoms with Crippen LogP contribution in [0.2, 0.25) is 0 Å². The Kier molecular flexibility index (Phi) is 2.61. The second-order valence-electron chi connectivity index (χ2n) is 2.03. The molecule has 1 aromatic rings. The van der Waals surface area contributed by atoms with Crippen molar-refractivity contribution in [2.75, 3.05) is 5.94 Å². The largest absolute Gasteiger partial charge is 0.475 e. The Morgan fingerprint density at radius 1 is 1.42 bits per heavy atom. The summed E-state index contributed by atoms with van der Waals surface area (Å²) >= 11 is 0. The van der Waals surface area contributed by atoms with Gasteiger partial charge in [-0.3, -0.25) is 9.54 Å². The van der Waals surface area contributed by atoms with Gasteiger partial charge < -0.3 is 4.74 Å². The van der Waals surface area contributed by atoms with Crippen LogP contribution in [0.5, 0.6) is 5.75 Å². The van der Waals surface area contributed by atoms with Crippen LogP contribution in [0, 0.1) is 0 Å². The van der Waals surface area contributed by atoms with Crippen molar-refractivity contribution in [3.8, 4) is 5.75 Å². The Bertz CT molecular complexity index is 334. The topological polar surface area (TPSA) is 76.5 Å². The van der Waals surface area contributed by atoms with Gasteiger partial charge in [-0.15, -0.1) is 0 Å². The molecule has 0 bridgehead atoms. The van der Waals surface area contributed by atoms with E-state index in [2.05, 4.69) is 4.98 Å². The Morgan fingerprint density at radius 2 is 2.00 bits per heavy atom. The molecule has 0 atom stereocenters. The monoisotopic (exact) mass is 189 g/mol. The van der Waals surface area contributed by atoms with Gasteiger partial charge in [0.15, 0.2) is 0 Å². The molecule has 6 heteroatoms. The van der Waals surface area contributed by atoms with E-state index in [9.17, 15) is 8.42 Å². The minimum atomic E-state index is -4.06. The maximum absolute atomic E-state index is 10.2. The number of ether oxygens (including phenoxy) is 1. The second-order valence-corrected chi connectivity index (χ2v) is 3.43. The summed E-state index contributed by atoms with van der Waals surface area (Å²) in [7, 11) is -4.06. The molecule has 1 heterocycles. The van der Waals surface area contributed by atoms with E-state index in [1.807, 2.05) is 0 Å². The third-order valence-corrected chi connectivity index (χ3v) is 1.44. The van der Waals surface area contributed by atoms with Crippen LogP contribution in [0.3, 0.4) is 0 Å². The molecule has 1 N–H and O–H groups in total. The molecule has 0 aliphatic heterocycles. The number of pyridine rings is 1. The quantitative estimate of drug-likeness (QED) is 0.692. The van der Waals surface area contributed by atoms with Crippen LogP contribution in [-0.2, 0) is 10.1 Å². The normalized spacial score (nSPS) is 11.1. The summed E-state index contributed by atoms with van der Waals surface area (Å²) in [5, 5.41) is 0. The fraction of sp³-hybridized carbons (Fsp3) is 0.167. The highest BCUT2D eigenvalue weighted by Gasteiger charge is 2.04. The number of aromatic nitrogens is 1. The Morgan fingerprint density at radius 3 is 2.50 bits per heavy atom. The highest BCUT2D eigenvalue weighted by molar-refractivity contribution is 7.85. The van der Waals surface area contributed by atoms with E-state index in [4.69, 9.17) is 9.29 Å². The second kappa shape index (κ2) is 3.51. The van der Waals surface area contributed by atoms with Crippen LogP contribution in [0.1, 0.15) is 0 Å². The summed E-state index contributed by atoms with van der Waals surface area (Å²) in [4.78, 5) is 3.70. The molecule has 0 aliphatic rings. The Hall–Kier alpha value is -1.14. The minimum absolute atomic E-state index is 0.350. The summed E-state index contributed by atoms with van der Waals surface area (Å²) in [5.41, 5.74) is 0. The van der Waals surface area contributed by atoms with Crippen molar-refractivity contribution in [3.63, 3.8) is 0 Å². The first-order valence-corrected chi connectivity index (χ1v) is 4.67. The van der Waals surface area contributed by atoms with E-state index in [-0.39, 0.29) is 0 Å². The van der Waals surface area contributed by atoms with Gasteiger partial charge in [0, 0.05) is 12.4 Å². The lowest BCUT2D eigenvalue weighted by molar-refractivity contribution is 0.352. The molecule has 0 saturated heterocycles. The number of rotatable bonds is 3. The van der Waals surface area contributed by atoms with Crippen LogP contribution in [0.25, 0.3) is 0 Å². The van der Waals surface area contributed by atoms with Crippen molar-refractivity contribution in [2.45, 2.75) is 0 Å². The van der Waals surface area contributed by atoms with Crippen molar-refractivity contribution in [2.24, 2.45) is 0 Å². The molecule has 0 spiro atoms. The van der Waals surface area contributed by atoms with Gasteiger partial charge >= 0.3 is 10.1 Å². The molecule has 0 amide bonds.